The van der Waals surface area contributed by atoms with Crippen LogP contribution in [0.4, 0.5) is 8.78 Å². The van der Waals surface area contributed by atoms with Crippen LogP contribution in [0.15, 0.2) is 47.7 Å². The van der Waals surface area contributed by atoms with Gasteiger partial charge in [0.1, 0.15) is 0 Å². The molecule has 0 amide bonds. The number of rotatable bonds is 6. The smallest absolute Gasteiger partial charge is 0.191 e. The predicted octanol–water partition coefficient (Wildman–Crippen LogP) is 2.79. The summed E-state index contributed by atoms with van der Waals surface area (Å²) in [5.74, 6) is -0.949. The molecule has 1 aromatic heterocycles. The molecule has 0 saturated heterocycles. The molecule has 2 rings (SSSR count). The molecule has 1 aromatic carbocycles. The zero-order valence-corrected chi connectivity index (χ0v) is 15.3. The van der Waals surface area contributed by atoms with Gasteiger partial charge in [0.05, 0.1) is 0 Å². The molecule has 0 aliphatic carbocycles. The Balaban J connectivity index is 0.00000264. The second kappa shape index (κ2) is 10.2. The molecular formula is C16H21F2IN4. The van der Waals surface area contributed by atoms with Crippen LogP contribution < -0.4 is 10.6 Å². The lowest BCUT2D eigenvalue weighted by Crippen LogP contribution is -2.39. The summed E-state index contributed by atoms with van der Waals surface area (Å²) in [6, 6.07) is 8.16. The second-order valence-corrected chi connectivity index (χ2v) is 4.81. The summed E-state index contributed by atoms with van der Waals surface area (Å²) in [5.41, 5.74) is 0.357. The number of hydrogen-bond donors (Lipinski definition) is 2. The number of guanidine groups is 1. The fourth-order valence-electron chi connectivity index (χ4n) is 2.10. The topological polar surface area (TPSA) is 41.4 Å². The molecule has 0 unspecified atom stereocenters. The first-order chi connectivity index (χ1) is 10.7. The van der Waals surface area contributed by atoms with Gasteiger partial charge in [0.2, 0.25) is 0 Å². The largest absolute Gasteiger partial charge is 0.356 e. The quantitative estimate of drug-likeness (QED) is 0.417. The molecule has 1 heterocycles. The first-order valence-corrected chi connectivity index (χ1v) is 7.19. The highest BCUT2D eigenvalue weighted by Gasteiger charge is 2.07. The van der Waals surface area contributed by atoms with E-state index in [-0.39, 0.29) is 24.0 Å². The lowest BCUT2D eigenvalue weighted by atomic mass is 10.1. The van der Waals surface area contributed by atoms with Crippen molar-refractivity contribution in [2.75, 3.05) is 20.1 Å². The molecule has 0 fully saturated rings. The third kappa shape index (κ3) is 6.17. The van der Waals surface area contributed by atoms with E-state index in [0.29, 0.717) is 24.5 Å². The Bertz CT molecular complexity index is 615. The van der Waals surface area contributed by atoms with Crippen LogP contribution in [-0.4, -0.2) is 30.7 Å². The van der Waals surface area contributed by atoms with E-state index in [1.807, 2.05) is 24.5 Å². The van der Waals surface area contributed by atoms with Crippen LogP contribution >= 0.6 is 24.0 Å². The number of nitrogens with one attached hydrogen (secondary N) is 2. The SMILES string of the molecule is CN=C(NCCc1cccc(F)c1F)NCCn1cccc1.I. The monoisotopic (exact) mass is 434 g/mol. The van der Waals surface area contributed by atoms with Crippen LogP contribution in [0, 0.1) is 11.6 Å². The van der Waals surface area contributed by atoms with Crippen LogP contribution in [0.25, 0.3) is 0 Å². The minimum absolute atomic E-state index is 0. The van der Waals surface area contributed by atoms with Crippen molar-refractivity contribution in [2.45, 2.75) is 13.0 Å². The Morgan fingerprint density at radius 1 is 1.09 bits per heavy atom. The molecule has 0 bridgehead atoms. The van der Waals surface area contributed by atoms with Gasteiger partial charge in [-0.2, -0.15) is 0 Å². The molecule has 2 N–H and O–H groups in total. The third-order valence-corrected chi connectivity index (χ3v) is 3.27. The zero-order chi connectivity index (χ0) is 15.8. The predicted molar refractivity (Wildman–Crippen MR) is 99.3 cm³/mol. The van der Waals surface area contributed by atoms with Crippen LogP contribution in [0.2, 0.25) is 0 Å². The highest BCUT2D eigenvalue weighted by molar-refractivity contribution is 14.0. The van der Waals surface area contributed by atoms with Crippen molar-refractivity contribution in [3.05, 3.63) is 59.9 Å². The first kappa shape index (κ1) is 19.4. The van der Waals surface area contributed by atoms with Crippen molar-refractivity contribution < 1.29 is 8.78 Å². The Morgan fingerprint density at radius 2 is 1.78 bits per heavy atom. The minimum Gasteiger partial charge on any atom is -0.356 e. The normalized spacial score (nSPS) is 11.0. The number of benzene rings is 1. The van der Waals surface area contributed by atoms with Gasteiger partial charge in [0, 0.05) is 39.1 Å². The molecule has 7 heteroatoms. The summed E-state index contributed by atoms with van der Waals surface area (Å²) in [6.45, 7) is 2.03. The van der Waals surface area contributed by atoms with Crippen molar-refractivity contribution in [3.63, 3.8) is 0 Å². The molecule has 0 atom stereocenters. The van der Waals surface area contributed by atoms with Crippen molar-refractivity contribution in [3.8, 4) is 0 Å². The van der Waals surface area contributed by atoms with Crippen molar-refractivity contribution in [1.29, 1.82) is 0 Å². The second-order valence-electron chi connectivity index (χ2n) is 4.81. The Labute approximate surface area is 152 Å². The molecule has 126 valence electrons. The number of aromatic nitrogens is 1. The number of hydrogen-bond acceptors (Lipinski definition) is 1. The maximum absolute atomic E-state index is 13.5. The summed E-state index contributed by atoms with van der Waals surface area (Å²) >= 11 is 0. The standard InChI is InChI=1S/C16H20F2N4.HI/c1-19-16(21-9-12-22-10-2-3-11-22)20-8-7-13-5-4-6-14(17)15(13)18;/h2-6,10-11H,7-9,12H2,1H3,(H2,19,20,21);1H. The molecule has 0 radical (unpaired) electrons. The maximum Gasteiger partial charge on any atom is 0.191 e. The van der Waals surface area contributed by atoms with E-state index in [4.69, 9.17) is 0 Å². The molecule has 23 heavy (non-hydrogen) atoms. The number of aliphatic imine (C=N–C) groups is 1. The average molecular weight is 434 g/mol. The molecule has 0 saturated carbocycles. The van der Waals surface area contributed by atoms with Crippen LogP contribution in [-0.2, 0) is 13.0 Å². The molecule has 0 aliphatic heterocycles. The average Bonchev–Trinajstić information content (AvgIpc) is 3.03. The third-order valence-electron chi connectivity index (χ3n) is 3.27. The molecule has 4 nitrogen and oxygen atoms in total. The number of nitrogens with zero attached hydrogens (tertiary/aromatic N) is 2. The van der Waals surface area contributed by atoms with Crippen LogP contribution in [0.1, 0.15) is 5.56 Å². The summed E-state index contributed by atoms with van der Waals surface area (Å²) in [6.07, 6.45) is 4.37. The molecule has 0 spiro atoms. The summed E-state index contributed by atoms with van der Waals surface area (Å²) in [5, 5.41) is 6.26. The van der Waals surface area contributed by atoms with E-state index in [9.17, 15) is 8.78 Å². The summed E-state index contributed by atoms with van der Waals surface area (Å²) < 4.78 is 28.7. The van der Waals surface area contributed by atoms with E-state index in [2.05, 4.69) is 20.2 Å². The van der Waals surface area contributed by atoms with E-state index >= 15 is 0 Å². The highest BCUT2D eigenvalue weighted by Crippen LogP contribution is 2.11. The van der Waals surface area contributed by atoms with Gasteiger partial charge in [-0.05, 0) is 30.2 Å². The lowest BCUT2D eigenvalue weighted by Gasteiger charge is -2.12. The van der Waals surface area contributed by atoms with Crippen molar-refractivity contribution in [1.82, 2.24) is 15.2 Å². The summed E-state index contributed by atoms with van der Waals surface area (Å²) in [7, 11) is 1.67. The molecule has 2 aromatic rings. The van der Waals surface area contributed by atoms with Gasteiger partial charge >= 0.3 is 0 Å². The molecule has 0 aliphatic rings. The Hall–Kier alpha value is -1.64. The van der Waals surface area contributed by atoms with Crippen LogP contribution in [0.3, 0.4) is 0 Å². The minimum atomic E-state index is -0.813. The molecular weight excluding hydrogens is 413 g/mol. The Morgan fingerprint density at radius 3 is 2.48 bits per heavy atom. The lowest BCUT2D eigenvalue weighted by molar-refractivity contribution is 0.498. The van der Waals surface area contributed by atoms with E-state index in [0.717, 1.165) is 19.2 Å². The van der Waals surface area contributed by atoms with Crippen LogP contribution in [0.5, 0.6) is 0 Å². The fourth-order valence-corrected chi connectivity index (χ4v) is 2.10. The Kier molecular flexibility index (Phi) is 8.60. The van der Waals surface area contributed by atoms with Gasteiger partial charge in [-0.25, -0.2) is 8.78 Å². The van der Waals surface area contributed by atoms with Gasteiger partial charge in [-0.3, -0.25) is 4.99 Å². The fraction of sp³-hybridized carbons (Fsp3) is 0.312. The summed E-state index contributed by atoms with van der Waals surface area (Å²) in [4.78, 5) is 4.10. The van der Waals surface area contributed by atoms with E-state index in [1.54, 1.807) is 13.1 Å². The highest BCUT2D eigenvalue weighted by atomic mass is 127. The van der Waals surface area contributed by atoms with E-state index in [1.165, 1.54) is 6.07 Å². The van der Waals surface area contributed by atoms with Gasteiger partial charge in [0.25, 0.3) is 0 Å². The van der Waals surface area contributed by atoms with Gasteiger partial charge in [-0.15, -0.1) is 24.0 Å². The maximum atomic E-state index is 13.5. The van der Waals surface area contributed by atoms with Gasteiger partial charge in [0.15, 0.2) is 17.6 Å². The van der Waals surface area contributed by atoms with E-state index < -0.39 is 11.6 Å². The van der Waals surface area contributed by atoms with Crippen molar-refractivity contribution in [2.24, 2.45) is 4.99 Å². The van der Waals surface area contributed by atoms with Gasteiger partial charge < -0.3 is 15.2 Å². The number of halogens is 3. The zero-order valence-electron chi connectivity index (χ0n) is 12.9. The van der Waals surface area contributed by atoms with Crippen molar-refractivity contribution >= 4 is 29.9 Å². The first-order valence-electron chi connectivity index (χ1n) is 7.19. The van der Waals surface area contributed by atoms with Gasteiger partial charge in [-0.1, -0.05) is 12.1 Å².